The van der Waals surface area contributed by atoms with Crippen molar-refractivity contribution in [3.63, 3.8) is 0 Å². The highest BCUT2D eigenvalue weighted by Gasteiger charge is 2.36. The second kappa shape index (κ2) is 11.1. The zero-order valence-electron chi connectivity index (χ0n) is 21.5. The number of imidazole rings is 1. The fraction of sp³-hybridized carbons (Fsp3) is 0.296. The molecule has 4 heterocycles. The molecule has 10 nitrogen and oxygen atoms in total. The van der Waals surface area contributed by atoms with Gasteiger partial charge in [0.25, 0.3) is 11.8 Å². The van der Waals surface area contributed by atoms with Crippen molar-refractivity contribution in [3.05, 3.63) is 76.1 Å². The van der Waals surface area contributed by atoms with Crippen LogP contribution in [0.4, 0.5) is 14.6 Å². The molecule has 0 radical (unpaired) electrons. The quantitative estimate of drug-likeness (QED) is 0.299. The fourth-order valence-corrected chi connectivity index (χ4v) is 6.17. The highest BCUT2D eigenvalue weighted by Crippen LogP contribution is 2.36. The number of aromatic nitrogens is 3. The number of fused-ring (bicyclic) bond motifs is 2. The summed E-state index contributed by atoms with van der Waals surface area (Å²) in [5, 5.41) is 9.13. The number of anilines is 1. The molecule has 3 N–H and O–H groups in total. The Morgan fingerprint density at radius 2 is 2.02 bits per heavy atom. The van der Waals surface area contributed by atoms with Crippen molar-refractivity contribution < 1.29 is 23.2 Å². The van der Waals surface area contributed by atoms with E-state index in [0.717, 1.165) is 4.70 Å². The van der Waals surface area contributed by atoms with E-state index in [1.54, 1.807) is 12.1 Å². The summed E-state index contributed by atoms with van der Waals surface area (Å²) < 4.78 is 34.3. The van der Waals surface area contributed by atoms with Gasteiger partial charge in [0.2, 0.25) is 11.7 Å². The minimum absolute atomic E-state index is 0.00220. The van der Waals surface area contributed by atoms with Crippen LogP contribution < -0.4 is 16.0 Å². The van der Waals surface area contributed by atoms with Crippen LogP contribution in [-0.4, -0.2) is 68.9 Å². The average molecular weight is 600 g/mol. The molecule has 3 amide bonds. The molecule has 2 atom stereocenters. The summed E-state index contributed by atoms with van der Waals surface area (Å²) in [6.07, 6.45) is -0.422. The Balaban J connectivity index is 1.36. The minimum atomic E-state index is -1.01. The number of carbonyl (C=O) groups excluding carboxylic acids is 3. The van der Waals surface area contributed by atoms with Crippen LogP contribution in [0.25, 0.3) is 10.1 Å². The maximum atomic E-state index is 14.3. The fourth-order valence-electron chi connectivity index (χ4n) is 5.17. The van der Waals surface area contributed by atoms with Gasteiger partial charge in [0, 0.05) is 42.2 Å². The van der Waals surface area contributed by atoms with Gasteiger partial charge < -0.3 is 20.5 Å². The number of alkyl halides is 1. The molecule has 0 unspecified atom stereocenters. The van der Waals surface area contributed by atoms with Crippen LogP contribution in [0.2, 0.25) is 5.02 Å². The molecule has 2 aromatic carbocycles. The molecule has 0 spiro atoms. The highest BCUT2D eigenvalue weighted by atomic mass is 35.5. The smallest absolute Gasteiger partial charge is 0.287 e. The van der Waals surface area contributed by atoms with E-state index in [-0.39, 0.29) is 46.7 Å². The zero-order valence-corrected chi connectivity index (χ0v) is 23.1. The van der Waals surface area contributed by atoms with Gasteiger partial charge in [-0.2, -0.15) is 4.37 Å². The predicted molar refractivity (Wildman–Crippen MR) is 149 cm³/mol. The van der Waals surface area contributed by atoms with Crippen molar-refractivity contribution in [3.8, 4) is 0 Å². The number of halogens is 3. The first-order valence-corrected chi connectivity index (χ1v) is 14.1. The van der Waals surface area contributed by atoms with Crippen LogP contribution >= 0.6 is 23.1 Å². The summed E-state index contributed by atoms with van der Waals surface area (Å²) in [6, 6.07) is 9.98. The number of nitrogens with one attached hydrogen (secondary N) is 3. The van der Waals surface area contributed by atoms with Gasteiger partial charge in [-0.25, -0.2) is 13.8 Å². The Bertz CT molecular complexity index is 1680. The van der Waals surface area contributed by atoms with Gasteiger partial charge in [0.05, 0.1) is 16.4 Å². The van der Waals surface area contributed by atoms with Crippen molar-refractivity contribution in [2.75, 3.05) is 31.5 Å². The molecule has 6 rings (SSSR count). The number of rotatable bonds is 7. The molecule has 1 fully saturated rings. The van der Waals surface area contributed by atoms with Gasteiger partial charge in [0.1, 0.15) is 24.2 Å². The lowest BCUT2D eigenvalue weighted by atomic mass is 10.0. The first-order valence-electron chi connectivity index (χ1n) is 12.9. The predicted octanol–water partition coefficient (Wildman–Crippen LogP) is 3.53. The Morgan fingerprint density at radius 1 is 1.20 bits per heavy atom. The van der Waals surface area contributed by atoms with Crippen molar-refractivity contribution in [1.82, 2.24) is 29.5 Å². The molecule has 0 saturated carbocycles. The molecular weight excluding hydrogens is 576 g/mol. The summed E-state index contributed by atoms with van der Waals surface area (Å²) in [4.78, 5) is 45.8. The maximum Gasteiger partial charge on any atom is 0.287 e. The Hall–Kier alpha value is -3.94. The molecule has 0 bridgehead atoms. The van der Waals surface area contributed by atoms with Crippen LogP contribution in [-0.2, 0) is 11.3 Å². The number of amides is 3. The van der Waals surface area contributed by atoms with Crippen LogP contribution in [0.3, 0.4) is 0 Å². The molecule has 212 valence electrons. The number of benzene rings is 2. The normalized spacial score (nSPS) is 18.8. The van der Waals surface area contributed by atoms with Crippen LogP contribution in [0.1, 0.15) is 44.8 Å². The number of likely N-dealkylation sites (tertiary alicyclic amines) is 1. The largest absolute Gasteiger partial charge is 0.348 e. The van der Waals surface area contributed by atoms with Gasteiger partial charge in [-0.15, -0.1) is 0 Å². The molecule has 4 aromatic rings. The standard InChI is InChI=1S/C27H24ClF2N7O3S/c28-18-6-5-14(29)11-17(18)21-23-24(34-26(39)22-16-3-1-2-4-19(16)41-35-22)33-25(37(23)13-20(38)32-21)27(40)31-8-10-36-9-7-15(30)12-36/h1-6,11,15,21H,7-10,12-13H2,(H,31,40)(H,32,38)(H,34,39)/t15-,21-/m0/s1. The van der Waals surface area contributed by atoms with Gasteiger partial charge in [-0.3, -0.25) is 19.3 Å². The molecule has 14 heteroatoms. The topological polar surface area (TPSA) is 121 Å². The summed E-state index contributed by atoms with van der Waals surface area (Å²) in [6.45, 7) is 1.33. The summed E-state index contributed by atoms with van der Waals surface area (Å²) in [5.74, 6) is -2.29. The van der Waals surface area contributed by atoms with E-state index in [1.165, 1.54) is 34.3 Å². The first kappa shape index (κ1) is 27.2. The Morgan fingerprint density at radius 3 is 2.83 bits per heavy atom. The summed E-state index contributed by atoms with van der Waals surface area (Å²) in [7, 11) is 0. The number of nitrogens with zero attached hydrogens (tertiary/aromatic N) is 4. The van der Waals surface area contributed by atoms with Gasteiger partial charge >= 0.3 is 0 Å². The molecule has 0 aliphatic carbocycles. The Kier molecular flexibility index (Phi) is 7.41. The molecular formula is C27H24ClF2N7O3S. The second-order valence-corrected chi connectivity index (χ2v) is 11.1. The zero-order chi connectivity index (χ0) is 28.7. The van der Waals surface area contributed by atoms with Crippen molar-refractivity contribution >= 4 is 56.8 Å². The third-order valence-electron chi connectivity index (χ3n) is 7.11. The van der Waals surface area contributed by atoms with Crippen molar-refractivity contribution in [2.45, 2.75) is 25.2 Å². The van der Waals surface area contributed by atoms with Gasteiger partial charge in [-0.1, -0.05) is 29.8 Å². The molecule has 2 aliphatic heterocycles. The number of hydrogen-bond acceptors (Lipinski definition) is 7. The monoisotopic (exact) mass is 599 g/mol. The molecule has 2 aliphatic rings. The van der Waals surface area contributed by atoms with E-state index in [4.69, 9.17) is 11.6 Å². The summed E-state index contributed by atoms with van der Waals surface area (Å²) >= 11 is 7.57. The van der Waals surface area contributed by atoms with Crippen LogP contribution in [0, 0.1) is 5.82 Å². The van der Waals surface area contributed by atoms with E-state index >= 15 is 0 Å². The van der Waals surface area contributed by atoms with E-state index in [2.05, 4.69) is 25.3 Å². The lowest BCUT2D eigenvalue weighted by Gasteiger charge is -2.28. The van der Waals surface area contributed by atoms with E-state index in [9.17, 15) is 23.2 Å². The average Bonchev–Trinajstić information content (AvgIpc) is 3.66. The van der Waals surface area contributed by atoms with Crippen molar-refractivity contribution in [2.24, 2.45) is 0 Å². The number of carbonyl (C=O) groups is 3. The third-order valence-corrected chi connectivity index (χ3v) is 8.28. The van der Waals surface area contributed by atoms with Gasteiger partial charge in [-0.05, 0) is 42.2 Å². The van der Waals surface area contributed by atoms with E-state index < -0.39 is 35.8 Å². The van der Waals surface area contributed by atoms with E-state index in [1.807, 2.05) is 17.0 Å². The summed E-state index contributed by atoms with van der Waals surface area (Å²) in [5.41, 5.74) is 0.669. The van der Waals surface area contributed by atoms with Gasteiger partial charge in [0.15, 0.2) is 5.82 Å². The van der Waals surface area contributed by atoms with Crippen molar-refractivity contribution in [1.29, 1.82) is 0 Å². The highest BCUT2D eigenvalue weighted by molar-refractivity contribution is 7.13. The molecule has 41 heavy (non-hydrogen) atoms. The Labute approximate surface area is 241 Å². The minimum Gasteiger partial charge on any atom is -0.348 e. The van der Waals surface area contributed by atoms with Crippen LogP contribution in [0.15, 0.2) is 42.5 Å². The van der Waals surface area contributed by atoms with Crippen LogP contribution in [0.5, 0.6) is 0 Å². The third kappa shape index (κ3) is 5.39. The SMILES string of the molecule is O=C1Cn2c(C(=O)NCCN3CC[C@H](F)C3)nc(NC(=O)c3nsc4ccccc34)c2[C@H](c2cc(F)ccc2Cl)N1. The maximum absolute atomic E-state index is 14.3. The lowest BCUT2D eigenvalue weighted by molar-refractivity contribution is -0.123. The first-order chi connectivity index (χ1) is 19.8. The second-order valence-electron chi connectivity index (χ2n) is 9.85. The lowest BCUT2D eigenvalue weighted by Crippen LogP contribution is -2.41. The number of hydrogen-bond donors (Lipinski definition) is 3. The van der Waals surface area contributed by atoms with E-state index in [0.29, 0.717) is 31.4 Å². The molecule has 2 aromatic heterocycles. The molecule has 1 saturated heterocycles.